The van der Waals surface area contributed by atoms with E-state index in [1.807, 2.05) is 13.8 Å². The highest BCUT2D eigenvalue weighted by atomic mass is 32.2. The molecule has 2 rings (SSSR count). The summed E-state index contributed by atoms with van der Waals surface area (Å²) in [6.45, 7) is 9.99. The maximum absolute atomic E-state index is 12.0. The van der Waals surface area contributed by atoms with Crippen LogP contribution in [0.4, 0.5) is 0 Å². The predicted molar refractivity (Wildman–Crippen MR) is 90.1 cm³/mol. The highest BCUT2D eigenvalue weighted by Crippen LogP contribution is 2.33. The SMILES string of the molecule is C=CCNC(=O)C(C)Sc1nc(C)nc2sc(CC)cc12. The first kappa shape index (κ1) is 16.0. The van der Waals surface area contributed by atoms with Gasteiger partial charge in [-0.3, -0.25) is 4.79 Å². The smallest absolute Gasteiger partial charge is 0.233 e. The van der Waals surface area contributed by atoms with Crippen molar-refractivity contribution in [3.8, 4) is 0 Å². The largest absolute Gasteiger partial charge is 0.352 e. The molecule has 0 aliphatic rings. The molecule has 0 bridgehead atoms. The third-order valence-corrected chi connectivity index (χ3v) is 5.22. The number of nitrogens with zero attached hydrogens (tertiary/aromatic N) is 2. The Balaban J connectivity index is 2.26. The molecule has 21 heavy (non-hydrogen) atoms. The van der Waals surface area contributed by atoms with Crippen molar-refractivity contribution in [2.45, 2.75) is 37.5 Å². The van der Waals surface area contributed by atoms with Gasteiger partial charge in [0.2, 0.25) is 5.91 Å². The van der Waals surface area contributed by atoms with Crippen molar-refractivity contribution < 1.29 is 4.79 Å². The molecule has 0 saturated carbocycles. The topological polar surface area (TPSA) is 54.9 Å². The molecule has 2 aromatic rings. The van der Waals surface area contributed by atoms with Crippen molar-refractivity contribution in [1.29, 1.82) is 0 Å². The molecule has 6 heteroatoms. The number of carbonyl (C=O) groups excluding carboxylic acids is 1. The minimum atomic E-state index is -0.201. The first-order valence-corrected chi connectivity index (χ1v) is 8.57. The molecule has 0 aromatic carbocycles. The van der Waals surface area contributed by atoms with Crippen molar-refractivity contribution in [2.75, 3.05) is 6.54 Å². The quantitative estimate of drug-likeness (QED) is 0.504. The summed E-state index contributed by atoms with van der Waals surface area (Å²) in [7, 11) is 0. The number of aromatic nitrogens is 2. The minimum absolute atomic E-state index is 0.00439. The predicted octanol–water partition coefficient (Wildman–Crippen LogP) is 3.34. The van der Waals surface area contributed by atoms with Gasteiger partial charge in [-0.25, -0.2) is 9.97 Å². The molecule has 0 aliphatic heterocycles. The number of carbonyl (C=O) groups is 1. The molecule has 1 atom stereocenters. The van der Waals surface area contributed by atoms with Gasteiger partial charge in [0.05, 0.1) is 5.25 Å². The molecule has 0 fully saturated rings. The maximum Gasteiger partial charge on any atom is 0.233 e. The molecule has 2 heterocycles. The van der Waals surface area contributed by atoms with Gasteiger partial charge in [0.1, 0.15) is 15.7 Å². The second kappa shape index (κ2) is 7.04. The molecule has 0 radical (unpaired) electrons. The van der Waals surface area contributed by atoms with Crippen molar-refractivity contribution in [3.05, 3.63) is 29.4 Å². The van der Waals surface area contributed by atoms with Crippen LogP contribution in [0, 0.1) is 6.92 Å². The van der Waals surface area contributed by atoms with Gasteiger partial charge in [0.25, 0.3) is 0 Å². The number of hydrogen-bond acceptors (Lipinski definition) is 5. The van der Waals surface area contributed by atoms with Crippen molar-refractivity contribution in [1.82, 2.24) is 15.3 Å². The van der Waals surface area contributed by atoms with Gasteiger partial charge in [0.15, 0.2) is 0 Å². The van der Waals surface area contributed by atoms with E-state index in [1.54, 1.807) is 17.4 Å². The van der Waals surface area contributed by atoms with Crippen LogP contribution in [0.25, 0.3) is 10.2 Å². The Bertz CT molecular complexity index is 666. The van der Waals surface area contributed by atoms with E-state index < -0.39 is 0 Å². The first-order chi connectivity index (χ1) is 10.0. The van der Waals surface area contributed by atoms with E-state index in [4.69, 9.17) is 0 Å². The molecule has 2 aromatic heterocycles. The highest BCUT2D eigenvalue weighted by molar-refractivity contribution is 8.00. The van der Waals surface area contributed by atoms with E-state index >= 15 is 0 Å². The molecular weight excluding hydrogens is 302 g/mol. The molecule has 1 amide bonds. The van der Waals surface area contributed by atoms with E-state index in [2.05, 4.69) is 34.9 Å². The fourth-order valence-electron chi connectivity index (χ4n) is 1.85. The summed E-state index contributed by atoms with van der Waals surface area (Å²) in [6.07, 6.45) is 2.66. The van der Waals surface area contributed by atoms with E-state index in [0.29, 0.717) is 6.54 Å². The lowest BCUT2D eigenvalue weighted by atomic mass is 10.3. The van der Waals surface area contributed by atoms with Crippen LogP contribution < -0.4 is 5.32 Å². The summed E-state index contributed by atoms with van der Waals surface area (Å²) in [5.74, 6) is 0.739. The summed E-state index contributed by atoms with van der Waals surface area (Å²) in [5.41, 5.74) is 0. The van der Waals surface area contributed by atoms with Crippen molar-refractivity contribution in [3.63, 3.8) is 0 Å². The Kier molecular flexibility index (Phi) is 5.36. The Labute approximate surface area is 133 Å². The average molecular weight is 321 g/mol. The third kappa shape index (κ3) is 3.83. The molecule has 4 nitrogen and oxygen atoms in total. The van der Waals surface area contributed by atoms with Gasteiger partial charge in [0, 0.05) is 16.8 Å². The van der Waals surface area contributed by atoms with Crippen molar-refractivity contribution in [2.24, 2.45) is 0 Å². The Morgan fingerprint density at radius 2 is 2.33 bits per heavy atom. The zero-order valence-corrected chi connectivity index (χ0v) is 14.1. The lowest BCUT2D eigenvalue weighted by molar-refractivity contribution is -0.120. The Hall–Kier alpha value is -1.40. The second-order valence-electron chi connectivity index (χ2n) is 4.65. The van der Waals surface area contributed by atoms with Gasteiger partial charge >= 0.3 is 0 Å². The van der Waals surface area contributed by atoms with Gasteiger partial charge in [-0.2, -0.15) is 0 Å². The number of amides is 1. The van der Waals surface area contributed by atoms with Gasteiger partial charge in [-0.1, -0.05) is 24.8 Å². The van der Waals surface area contributed by atoms with E-state index in [9.17, 15) is 4.79 Å². The van der Waals surface area contributed by atoms with Crippen LogP contribution in [0.2, 0.25) is 0 Å². The minimum Gasteiger partial charge on any atom is -0.352 e. The fraction of sp³-hybridized carbons (Fsp3) is 0.400. The molecular formula is C15H19N3OS2. The Morgan fingerprint density at radius 1 is 1.57 bits per heavy atom. The monoisotopic (exact) mass is 321 g/mol. The van der Waals surface area contributed by atoms with E-state index in [-0.39, 0.29) is 11.2 Å². The van der Waals surface area contributed by atoms with Crippen LogP contribution >= 0.6 is 23.1 Å². The number of thioether (sulfide) groups is 1. The summed E-state index contributed by atoms with van der Waals surface area (Å²) in [5, 5.41) is 4.55. The van der Waals surface area contributed by atoms with E-state index in [1.165, 1.54) is 16.6 Å². The number of fused-ring (bicyclic) bond motifs is 1. The molecule has 112 valence electrons. The van der Waals surface area contributed by atoms with Crippen LogP contribution in [-0.4, -0.2) is 27.7 Å². The number of aryl methyl sites for hydroxylation is 2. The third-order valence-electron chi connectivity index (χ3n) is 2.95. The van der Waals surface area contributed by atoms with Gasteiger partial charge in [-0.05, 0) is 26.3 Å². The summed E-state index contributed by atoms with van der Waals surface area (Å²) in [6, 6.07) is 2.14. The fourth-order valence-corrected chi connectivity index (χ4v) is 3.92. The van der Waals surface area contributed by atoms with Crippen LogP contribution in [0.5, 0.6) is 0 Å². The maximum atomic E-state index is 12.0. The summed E-state index contributed by atoms with van der Waals surface area (Å²) in [4.78, 5) is 23.3. The van der Waals surface area contributed by atoms with Crippen LogP contribution in [0.1, 0.15) is 24.5 Å². The molecule has 0 spiro atoms. The highest BCUT2D eigenvalue weighted by Gasteiger charge is 2.18. The zero-order valence-electron chi connectivity index (χ0n) is 12.5. The normalized spacial score (nSPS) is 12.3. The summed E-state index contributed by atoms with van der Waals surface area (Å²) < 4.78 is 0. The van der Waals surface area contributed by atoms with Gasteiger partial charge < -0.3 is 5.32 Å². The first-order valence-electron chi connectivity index (χ1n) is 6.87. The zero-order chi connectivity index (χ0) is 15.4. The van der Waals surface area contributed by atoms with E-state index in [0.717, 1.165) is 27.5 Å². The molecule has 1 unspecified atom stereocenters. The number of thiophene rings is 1. The second-order valence-corrected chi connectivity index (χ2v) is 7.10. The van der Waals surface area contributed by atoms with Crippen molar-refractivity contribution >= 4 is 39.2 Å². The lowest BCUT2D eigenvalue weighted by Crippen LogP contribution is -2.30. The molecule has 0 saturated heterocycles. The number of rotatable bonds is 6. The lowest BCUT2D eigenvalue weighted by Gasteiger charge is -2.11. The van der Waals surface area contributed by atoms with Gasteiger partial charge in [-0.15, -0.1) is 17.9 Å². The number of nitrogens with one attached hydrogen (secondary N) is 1. The Morgan fingerprint density at radius 3 is 3.00 bits per heavy atom. The average Bonchev–Trinajstić information content (AvgIpc) is 2.87. The standard InChI is InChI=1S/C15H19N3OS2/c1-5-7-16-13(19)9(3)20-14-12-8-11(6-2)21-15(12)18-10(4)17-14/h5,8-9H,1,6-7H2,2-4H3,(H,16,19). The van der Waals surface area contributed by atoms with Crippen LogP contribution in [0.15, 0.2) is 23.7 Å². The molecule has 0 aliphatic carbocycles. The molecule has 1 N–H and O–H groups in total. The summed E-state index contributed by atoms with van der Waals surface area (Å²) >= 11 is 3.18. The number of hydrogen-bond donors (Lipinski definition) is 1. The van der Waals surface area contributed by atoms with Crippen LogP contribution in [0.3, 0.4) is 0 Å². The van der Waals surface area contributed by atoms with Crippen LogP contribution in [-0.2, 0) is 11.2 Å².